The van der Waals surface area contributed by atoms with Crippen molar-refractivity contribution in [3.05, 3.63) is 59.1 Å². The molecule has 2 aromatic rings. The first-order valence-electron chi connectivity index (χ1n) is 9.74. The fourth-order valence-electron chi connectivity index (χ4n) is 4.13. The van der Waals surface area contributed by atoms with Gasteiger partial charge in [0.15, 0.2) is 0 Å². The van der Waals surface area contributed by atoms with Crippen LogP contribution in [0, 0.1) is 0 Å². The maximum absolute atomic E-state index is 13.0. The fraction of sp³-hybridized carbons (Fsp3) is 0.409. The number of rotatable bonds is 3. The lowest BCUT2D eigenvalue weighted by Gasteiger charge is -2.40. The summed E-state index contributed by atoms with van der Waals surface area (Å²) in [5.74, 6) is 0.226. The lowest BCUT2D eigenvalue weighted by molar-refractivity contribution is -0.130. The number of para-hydroxylation sites is 1. The molecule has 0 N–H and O–H groups in total. The molecule has 142 valence electrons. The minimum atomic E-state index is 0.226. The molecule has 2 aliphatic heterocycles. The first-order chi connectivity index (χ1) is 13.1. The molecule has 1 atom stereocenters. The van der Waals surface area contributed by atoms with E-state index in [1.165, 1.54) is 11.3 Å². The summed E-state index contributed by atoms with van der Waals surface area (Å²) in [6.07, 6.45) is 2.20. The average molecular weight is 384 g/mol. The third-order valence-electron chi connectivity index (χ3n) is 5.78. The van der Waals surface area contributed by atoms with Gasteiger partial charge in [0.25, 0.3) is 0 Å². The van der Waals surface area contributed by atoms with Crippen molar-refractivity contribution in [2.75, 3.05) is 42.5 Å². The number of carbonyl (C=O) groups excluding carboxylic acids is 1. The van der Waals surface area contributed by atoms with Gasteiger partial charge >= 0.3 is 0 Å². The summed E-state index contributed by atoms with van der Waals surface area (Å²) in [6.45, 7) is 5.90. The van der Waals surface area contributed by atoms with Gasteiger partial charge in [-0.2, -0.15) is 0 Å². The lowest BCUT2D eigenvalue weighted by Crippen LogP contribution is -2.52. The molecule has 1 amide bonds. The molecule has 0 saturated carbocycles. The summed E-state index contributed by atoms with van der Waals surface area (Å²) >= 11 is 6.11. The molecule has 5 heteroatoms. The van der Waals surface area contributed by atoms with Crippen LogP contribution in [0.15, 0.2) is 48.5 Å². The molecule has 2 aromatic carbocycles. The Labute approximate surface area is 166 Å². The monoisotopic (exact) mass is 383 g/mol. The maximum Gasteiger partial charge on any atom is 0.242 e. The second-order valence-electron chi connectivity index (χ2n) is 7.49. The molecule has 4 rings (SSSR count). The van der Waals surface area contributed by atoms with Crippen molar-refractivity contribution < 1.29 is 4.79 Å². The van der Waals surface area contributed by atoms with Crippen molar-refractivity contribution in [1.29, 1.82) is 0 Å². The molecule has 0 radical (unpaired) electrons. The van der Waals surface area contributed by atoms with E-state index >= 15 is 0 Å². The van der Waals surface area contributed by atoms with Crippen molar-refractivity contribution >= 4 is 28.9 Å². The number of benzene rings is 2. The van der Waals surface area contributed by atoms with E-state index in [2.05, 4.69) is 47.1 Å². The van der Waals surface area contributed by atoms with Crippen LogP contribution in [-0.4, -0.2) is 49.6 Å². The minimum Gasteiger partial charge on any atom is -0.368 e. The van der Waals surface area contributed by atoms with Gasteiger partial charge in [0.05, 0.1) is 6.54 Å². The van der Waals surface area contributed by atoms with Crippen molar-refractivity contribution in [3.8, 4) is 0 Å². The molecule has 0 aliphatic carbocycles. The molecule has 0 unspecified atom stereocenters. The molecule has 27 heavy (non-hydrogen) atoms. The number of nitrogens with zero attached hydrogens (tertiary/aromatic N) is 3. The van der Waals surface area contributed by atoms with E-state index < -0.39 is 0 Å². The van der Waals surface area contributed by atoms with E-state index in [0.717, 1.165) is 49.7 Å². The van der Waals surface area contributed by atoms with Crippen LogP contribution in [0.3, 0.4) is 0 Å². The molecule has 0 aromatic heterocycles. The third kappa shape index (κ3) is 3.91. The van der Waals surface area contributed by atoms with Crippen LogP contribution in [0.5, 0.6) is 0 Å². The molecule has 0 bridgehead atoms. The van der Waals surface area contributed by atoms with Crippen LogP contribution in [0.2, 0.25) is 5.02 Å². The van der Waals surface area contributed by atoms with E-state index in [9.17, 15) is 4.79 Å². The molecule has 0 spiro atoms. The van der Waals surface area contributed by atoms with Gasteiger partial charge in [-0.15, -0.1) is 0 Å². The fourth-order valence-corrected chi connectivity index (χ4v) is 4.32. The number of halogens is 1. The Morgan fingerprint density at radius 2 is 1.85 bits per heavy atom. The smallest absolute Gasteiger partial charge is 0.242 e. The zero-order valence-corrected chi connectivity index (χ0v) is 16.5. The predicted octanol–water partition coefficient (Wildman–Crippen LogP) is 3.83. The summed E-state index contributed by atoms with van der Waals surface area (Å²) < 4.78 is 0. The zero-order chi connectivity index (χ0) is 18.8. The Hall–Kier alpha value is -2.20. The topological polar surface area (TPSA) is 26.8 Å². The Morgan fingerprint density at radius 3 is 2.63 bits per heavy atom. The quantitative estimate of drug-likeness (QED) is 0.805. The van der Waals surface area contributed by atoms with E-state index in [1.54, 1.807) is 0 Å². The van der Waals surface area contributed by atoms with Crippen molar-refractivity contribution in [2.45, 2.75) is 25.8 Å². The largest absolute Gasteiger partial charge is 0.368 e. The zero-order valence-electron chi connectivity index (χ0n) is 15.8. The second kappa shape index (κ2) is 7.81. The normalized spacial score (nSPS) is 19.8. The average Bonchev–Trinajstić information content (AvgIpc) is 2.70. The summed E-state index contributed by atoms with van der Waals surface area (Å²) in [5.41, 5.74) is 3.71. The van der Waals surface area contributed by atoms with Crippen LogP contribution in [0.25, 0.3) is 0 Å². The van der Waals surface area contributed by atoms with Gasteiger partial charge in [-0.1, -0.05) is 35.9 Å². The maximum atomic E-state index is 13.0. The molecule has 2 aliphatic rings. The van der Waals surface area contributed by atoms with E-state index in [4.69, 9.17) is 11.6 Å². The molecular weight excluding hydrogens is 358 g/mol. The minimum absolute atomic E-state index is 0.226. The van der Waals surface area contributed by atoms with Gasteiger partial charge in [-0.3, -0.25) is 4.79 Å². The summed E-state index contributed by atoms with van der Waals surface area (Å²) in [7, 11) is 0. The number of hydrogen-bond donors (Lipinski definition) is 0. The molecule has 1 saturated heterocycles. The highest BCUT2D eigenvalue weighted by Crippen LogP contribution is 2.30. The Balaban J connectivity index is 1.39. The Kier molecular flexibility index (Phi) is 5.26. The molecule has 2 heterocycles. The molecule has 4 nitrogen and oxygen atoms in total. The van der Waals surface area contributed by atoms with Gasteiger partial charge in [0, 0.05) is 48.6 Å². The van der Waals surface area contributed by atoms with Crippen molar-refractivity contribution in [3.63, 3.8) is 0 Å². The molecule has 1 fully saturated rings. The highest BCUT2D eigenvalue weighted by Gasteiger charge is 2.28. The number of carbonyl (C=O) groups is 1. The highest BCUT2D eigenvalue weighted by atomic mass is 35.5. The van der Waals surface area contributed by atoms with E-state index in [1.807, 2.05) is 23.1 Å². The van der Waals surface area contributed by atoms with Gasteiger partial charge < -0.3 is 14.7 Å². The van der Waals surface area contributed by atoms with Crippen LogP contribution in [0.4, 0.5) is 11.4 Å². The number of piperazine rings is 1. The first kappa shape index (κ1) is 18.2. The summed E-state index contributed by atoms with van der Waals surface area (Å²) in [6, 6.07) is 16.8. The highest BCUT2D eigenvalue weighted by molar-refractivity contribution is 6.30. The van der Waals surface area contributed by atoms with Crippen LogP contribution in [0.1, 0.15) is 18.9 Å². The number of hydrogen-bond acceptors (Lipinski definition) is 3. The number of amides is 1. The van der Waals surface area contributed by atoms with Crippen molar-refractivity contribution in [1.82, 2.24) is 4.90 Å². The number of aryl methyl sites for hydroxylation is 1. The summed E-state index contributed by atoms with van der Waals surface area (Å²) in [5, 5.41) is 0.753. The van der Waals surface area contributed by atoms with Gasteiger partial charge in [0.2, 0.25) is 5.91 Å². The van der Waals surface area contributed by atoms with Gasteiger partial charge in [-0.25, -0.2) is 0 Å². The van der Waals surface area contributed by atoms with Crippen molar-refractivity contribution in [2.24, 2.45) is 0 Å². The molecular formula is C22H26ClN3O. The van der Waals surface area contributed by atoms with Crippen LogP contribution in [-0.2, 0) is 11.2 Å². The predicted molar refractivity (Wildman–Crippen MR) is 112 cm³/mol. The second-order valence-corrected chi connectivity index (χ2v) is 7.93. The Morgan fingerprint density at radius 1 is 1.07 bits per heavy atom. The Bertz CT molecular complexity index is 817. The number of anilines is 2. The van der Waals surface area contributed by atoms with E-state index in [-0.39, 0.29) is 5.91 Å². The third-order valence-corrected chi connectivity index (χ3v) is 6.01. The van der Waals surface area contributed by atoms with Crippen LogP contribution < -0.4 is 9.80 Å². The first-order valence-corrected chi connectivity index (χ1v) is 10.1. The SMILES string of the molecule is C[C@H]1CCc2ccccc2N1CC(=O)N1CCN(c2cccc(Cl)c2)CC1. The summed E-state index contributed by atoms with van der Waals surface area (Å²) in [4.78, 5) is 19.6. The van der Waals surface area contributed by atoms with Gasteiger partial charge in [0.1, 0.15) is 0 Å². The standard InChI is InChI=1S/C22H26ClN3O/c1-17-9-10-18-5-2-3-8-21(18)26(17)16-22(27)25-13-11-24(12-14-25)20-7-4-6-19(23)15-20/h2-8,15,17H,9-14,16H2,1H3/t17-/m0/s1. The van der Waals surface area contributed by atoms with Crippen LogP contribution >= 0.6 is 11.6 Å². The number of fused-ring (bicyclic) bond motifs is 1. The van der Waals surface area contributed by atoms with Gasteiger partial charge in [-0.05, 0) is 49.6 Å². The lowest BCUT2D eigenvalue weighted by atomic mass is 9.96. The van der Waals surface area contributed by atoms with E-state index in [0.29, 0.717) is 12.6 Å².